The minimum Gasteiger partial charge on any atom is -0.350 e. The number of hydrogen-bond donors (Lipinski definition) is 1. The molecule has 0 aliphatic rings. The number of anilines is 1. The number of rotatable bonds is 7. The molecule has 2 rings (SSSR count). The maximum absolute atomic E-state index is 12.0. The SMILES string of the molecule is Cc1nn(CCC(=O)Nc2cnn(COCC(F)(F)F)c2)cc1I. The third kappa shape index (κ3) is 6.11. The summed E-state index contributed by atoms with van der Waals surface area (Å²) >= 11 is 2.16. The summed E-state index contributed by atoms with van der Waals surface area (Å²) in [6.45, 7) is 0.614. The lowest BCUT2D eigenvalue weighted by atomic mass is 10.4. The summed E-state index contributed by atoms with van der Waals surface area (Å²) in [5, 5.41) is 10.7. The number of aryl methyl sites for hydroxylation is 2. The van der Waals surface area contributed by atoms with E-state index in [0.717, 1.165) is 9.26 Å². The van der Waals surface area contributed by atoms with E-state index in [9.17, 15) is 18.0 Å². The van der Waals surface area contributed by atoms with Gasteiger partial charge in [-0.2, -0.15) is 23.4 Å². The van der Waals surface area contributed by atoms with Crippen molar-refractivity contribution in [1.82, 2.24) is 19.6 Å². The molecule has 0 aromatic carbocycles. The molecule has 0 aliphatic heterocycles. The first kappa shape index (κ1) is 18.7. The quantitative estimate of drug-likeness (QED) is 0.649. The first-order valence-corrected chi connectivity index (χ1v) is 7.97. The molecular formula is C13H15F3IN5O2. The van der Waals surface area contributed by atoms with Crippen LogP contribution in [0.15, 0.2) is 18.6 Å². The molecule has 2 aromatic rings. The second-order valence-electron chi connectivity index (χ2n) is 4.98. The van der Waals surface area contributed by atoms with Crippen LogP contribution in [0.1, 0.15) is 12.1 Å². The van der Waals surface area contributed by atoms with Crippen LogP contribution in [0.2, 0.25) is 0 Å². The van der Waals surface area contributed by atoms with E-state index in [4.69, 9.17) is 0 Å². The van der Waals surface area contributed by atoms with Gasteiger partial charge in [0.25, 0.3) is 0 Å². The number of halogens is 4. The fraction of sp³-hybridized carbons (Fsp3) is 0.462. The van der Waals surface area contributed by atoms with E-state index in [1.165, 1.54) is 17.1 Å². The summed E-state index contributed by atoms with van der Waals surface area (Å²) in [5.41, 5.74) is 1.29. The smallest absolute Gasteiger partial charge is 0.350 e. The maximum Gasteiger partial charge on any atom is 0.411 e. The predicted octanol–water partition coefficient (Wildman–Crippen LogP) is 2.56. The van der Waals surface area contributed by atoms with Crippen LogP contribution in [0.5, 0.6) is 0 Å². The van der Waals surface area contributed by atoms with E-state index >= 15 is 0 Å². The number of amides is 1. The molecule has 0 saturated heterocycles. The molecule has 1 N–H and O–H groups in total. The molecule has 2 aromatic heterocycles. The van der Waals surface area contributed by atoms with Crippen LogP contribution in [-0.4, -0.2) is 38.3 Å². The van der Waals surface area contributed by atoms with E-state index < -0.39 is 12.8 Å². The van der Waals surface area contributed by atoms with Gasteiger partial charge in [0.05, 0.1) is 27.3 Å². The summed E-state index contributed by atoms with van der Waals surface area (Å²) in [6.07, 6.45) is 0.421. The van der Waals surface area contributed by atoms with E-state index in [-0.39, 0.29) is 19.1 Å². The zero-order valence-corrected chi connectivity index (χ0v) is 14.8. The van der Waals surface area contributed by atoms with Gasteiger partial charge >= 0.3 is 6.18 Å². The predicted molar refractivity (Wildman–Crippen MR) is 87.2 cm³/mol. The Morgan fingerprint density at radius 2 is 2.12 bits per heavy atom. The van der Waals surface area contributed by atoms with Gasteiger partial charge < -0.3 is 10.1 Å². The van der Waals surface area contributed by atoms with Gasteiger partial charge in [-0.1, -0.05) is 0 Å². The molecule has 0 spiro atoms. The molecule has 0 bridgehead atoms. The Morgan fingerprint density at radius 3 is 2.75 bits per heavy atom. The summed E-state index contributed by atoms with van der Waals surface area (Å²) in [5.74, 6) is -0.242. The van der Waals surface area contributed by atoms with Crippen LogP contribution in [0.3, 0.4) is 0 Å². The van der Waals surface area contributed by atoms with Gasteiger partial charge in [-0.05, 0) is 29.5 Å². The van der Waals surface area contributed by atoms with Gasteiger partial charge in [-0.25, -0.2) is 4.68 Å². The zero-order chi connectivity index (χ0) is 17.7. The monoisotopic (exact) mass is 457 g/mol. The lowest BCUT2D eigenvalue weighted by molar-refractivity contribution is -0.182. The molecule has 2 heterocycles. The Labute approximate surface area is 149 Å². The van der Waals surface area contributed by atoms with Crippen molar-refractivity contribution >= 4 is 34.2 Å². The molecule has 0 saturated carbocycles. The second-order valence-corrected chi connectivity index (χ2v) is 6.15. The average Bonchev–Trinajstić information content (AvgIpc) is 3.03. The number of nitrogens with one attached hydrogen (secondary N) is 1. The zero-order valence-electron chi connectivity index (χ0n) is 12.7. The summed E-state index contributed by atoms with van der Waals surface area (Å²) < 4.78 is 44.2. The second kappa shape index (κ2) is 7.96. The van der Waals surface area contributed by atoms with Gasteiger partial charge in [-0.3, -0.25) is 9.48 Å². The number of aromatic nitrogens is 4. The van der Waals surface area contributed by atoms with Gasteiger partial charge in [0.15, 0.2) is 0 Å². The summed E-state index contributed by atoms with van der Waals surface area (Å²) in [6, 6.07) is 0. The highest BCUT2D eigenvalue weighted by atomic mass is 127. The first-order valence-electron chi connectivity index (χ1n) is 6.89. The van der Waals surface area contributed by atoms with Crippen molar-refractivity contribution in [2.75, 3.05) is 11.9 Å². The van der Waals surface area contributed by atoms with Gasteiger partial charge in [-0.15, -0.1) is 0 Å². The van der Waals surface area contributed by atoms with Crippen LogP contribution >= 0.6 is 22.6 Å². The van der Waals surface area contributed by atoms with Crippen molar-refractivity contribution in [3.8, 4) is 0 Å². The number of nitrogens with zero attached hydrogens (tertiary/aromatic N) is 4. The highest BCUT2D eigenvalue weighted by Crippen LogP contribution is 2.15. The summed E-state index contributed by atoms with van der Waals surface area (Å²) in [7, 11) is 0. The van der Waals surface area contributed by atoms with Crippen molar-refractivity contribution in [3.63, 3.8) is 0 Å². The molecule has 0 atom stereocenters. The number of carbonyl (C=O) groups is 1. The van der Waals surface area contributed by atoms with Crippen molar-refractivity contribution < 1.29 is 22.7 Å². The molecule has 0 radical (unpaired) electrons. The highest BCUT2D eigenvalue weighted by Gasteiger charge is 2.27. The Bertz CT molecular complexity index is 679. The minimum absolute atomic E-state index is 0.215. The van der Waals surface area contributed by atoms with Crippen molar-refractivity contribution in [2.24, 2.45) is 0 Å². The van der Waals surface area contributed by atoms with Crippen molar-refractivity contribution in [1.29, 1.82) is 0 Å². The van der Waals surface area contributed by atoms with Crippen LogP contribution in [0.4, 0.5) is 18.9 Å². The Balaban J connectivity index is 1.76. The van der Waals surface area contributed by atoms with Gasteiger partial charge in [0.2, 0.25) is 5.91 Å². The third-order valence-corrected chi connectivity index (χ3v) is 3.92. The lowest BCUT2D eigenvalue weighted by Gasteiger charge is -2.07. The fourth-order valence-electron chi connectivity index (χ4n) is 1.80. The molecule has 24 heavy (non-hydrogen) atoms. The standard InChI is InChI=1S/C13H15F3IN5O2/c1-9-11(17)6-21(20-9)3-2-12(23)19-10-4-18-22(5-10)8-24-7-13(14,15)16/h4-6H,2-3,7-8H2,1H3,(H,19,23). The number of alkyl halides is 3. The van der Waals surface area contributed by atoms with Crippen molar-refractivity contribution in [3.05, 3.63) is 27.9 Å². The Kier molecular flexibility index (Phi) is 6.21. The number of carbonyl (C=O) groups excluding carboxylic acids is 1. The third-order valence-electron chi connectivity index (χ3n) is 2.86. The molecular weight excluding hydrogens is 442 g/mol. The van der Waals surface area contributed by atoms with Gasteiger partial charge in [0.1, 0.15) is 13.3 Å². The molecule has 0 aliphatic carbocycles. The van der Waals surface area contributed by atoms with E-state index in [0.29, 0.717) is 12.2 Å². The van der Waals surface area contributed by atoms with Crippen LogP contribution < -0.4 is 5.32 Å². The molecule has 132 valence electrons. The highest BCUT2D eigenvalue weighted by molar-refractivity contribution is 14.1. The van der Waals surface area contributed by atoms with E-state index in [1.807, 2.05) is 13.1 Å². The fourth-order valence-corrected chi connectivity index (χ4v) is 2.23. The molecule has 1 amide bonds. The normalized spacial score (nSPS) is 11.7. The molecule has 0 fully saturated rings. The number of hydrogen-bond acceptors (Lipinski definition) is 4. The maximum atomic E-state index is 12.0. The molecule has 7 nitrogen and oxygen atoms in total. The minimum atomic E-state index is -4.38. The molecule has 0 unspecified atom stereocenters. The van der Waals surface area contributed by atoms with Gasteiger partial charge in [0, 0.05) is 19.2 Å². The lowest BCUT2D eigenvalue weighted by Crippen LogP contribution is -2.18. The molecule has 11 heteroatoms. The Hall–Kier alpha value is -1.63. The van der Waals surface area contributed by atoms with Crippen LogP contribution in [-0.2, 0) is 22.8 Å². The summed E-state index contributed by atoms with van der Waals surface area (Å²) in [4.78, 5) is 11.9. The van der Waals surface area contributed by atoms with Crippen LogP contribution in [0, 0.1) is 10.5 Å². The Morgan fingerprint density at radius 1 is 1.38 bits per heavy atom. The topological polar surface area (TPSA) is 74.0 Å². The largest absolute Gasteiger partial charge is 0.411 e. The van der Waals surface area contributed by atoms with E-state index in [2.05, 4.69) is 42.8 Å². The van der Waals surface area contributed by atoms with Crippen LogP contribution in [0.25, 0.3) is 0 Å². The average molecular weight is 457 g/mol. The van der Waals surface area contributed by atoms with E-state index in [1.54, 1.807) is 4.68 Å². The first-order chi connectivity index (χ1) is 11.2. The van der Waals surface area contributed by atoms with Crippen molar-refractivity contribution in [2.45, 2.75) is 32.8 Å². The number of ether oxygens (including phenoxy) is 1.